The third kappa shape index (κ3) is 2.56. The smallest absolute Gasteiger partial charge is 0.267 e. The Morgan fingerprint density at radius 3 is 2.68 bits per heavy atom. The Morgan fingerprint density at radius 1 is 1.26 bits per heavy atom. The number of carbonyl (C=O) groups excluding carboxylic acids is 2. The predicted octanol–water partition coefficient (Wildman–Crippen LogP) is 1.85. The number of allylic oxidation sites excluding steroid dienone is 1. The van der Waals surface area contributed by atoms with Crippen LogP contribution in [0.3, 0.4) is 0 Å². The van der Waals surface area contributed by atoms with Gasteiger partial charge < -0.3 is 10.6 Å². The molecule has 3 rings (SSSR count). The lowest BCUT2D eigenvalue weighted by atomic mass is 9.88. The highest BCUT2D eigenvalue weighted by Crippen LogP contribution is 2.22. The number of carbonyl (C=O) groups is 2. The van der Waals surface area contributed by atoms with E-state index < -0.39 is 0 Å². The van der Waals surface area contributed by atoms with Crippen molar-refractivity contribution in [1.29, 1.82) is 0 Å². The van der Waals surface area contributed by atoms with Gasteiger partial charge >= 0.3 is 0 Å². The van der Waals surface area contributed by atoms with Crippen molar-refractivity contribution in [2.45, 2.75) is 37.8 Å². The highest BCUT2D eigenvalue weighted by Gasteiger charge is 2.33. The van der Waals surface area contributed by atoms with E-state index in [-0.39, 0.29) is 23.8 Å². The summed E-state index contributed by atoms with van der Waals surface area (Å²) in [6.45, 7) is 0. The fraction of sp³-hybridized carbons (Fsp3) is 0.429. The summed E-state index contributed by atoms with van der Waals surface area (Å²) in [5.74, 6) is -0.269. The Kier molecular flexibility index (Phi) is 3.38. The first-order valence-electron chi connectivity index (χ1n) is 6.61. The van der Waals surface area contributed by atoms with Crippen molar-refractivity contribution in [2.75, 3.05) is 0 Å². The molecule has 0 aromatic carbocycles. The normalized spacial score (nSPS) is 28.4. The molecule has 0 radical (unpaired) electrons. The Labute approximate surface area is 115 Å². The number of hydrogen-bond acceptors (Lipinski definition) is 4. The zero-order valence-electron chi connectivity index (χ0n) is 10.5. The molecule has 1 amide bonds. The first kappa shape index (κ1) is 12.4. The second kappa shape index (κ2) is 5.17. The third-order valence-corrected chi connectivity index (χ3v) is 4.59. The van der Waals surface area contributed by atoms with Gasteiger partial charge in [0, 0.05) is 18.2 Å². The molecule has 0 bridgehead atoms. The van der Waals surface area contributed by atoms with Crippen molar-refractivity contribution in [2.24, 2.45) is 0 Å². The Bertz CT molecular complexity index is 522. The van der Waals surface area contributed by atoms with Crippen LogP contribution >= 0.6 is 11.3 Å². The van der Waals surface area contributed by atoms with E-state index in [2.05, 4.69) is 10.6 Å². The summed E-state index contributed by atoms with van der Waals surface area (Å²) in [6, 6.07) is 4.10. The zero-order valence-corrected chi connectivity index (χ0v) is 11.3. The summed E-state index contributed by atoms with van der Waals surface area (Å²) in [4.78, 5) is 24.6. The van der Waals surface area contributed by atoms with Gasteiger partial charge in [0.15, 0.2) is 5.78 Å². The van der Waals surface area contributed by atoms with Gasteiger partial charge in [0.1, 0.15) is 5.70 Å². The fourth-order valence-electron chi connectivity index (χ4n) is 2.72. The average Bonchev–Trinajstić information content (AvgIpc) is 2.93. The summed E-state index contributed by atoms with van der Waals surface area (Å²) in [6.07, 6.45) is 5.84. The van der Waals surface area contributed by atoms with Crippen LogP contribution < -0.4 is 10.6 Å². The minimum atomic E-state index is -0.159. The molecule has 5 heteroatoms. The molecule has 1 saturated heterocycles. The lowest BCUT2D eigenvalue weighted by Gasteiger charge is -2.38. The lowest BCUT2D eigenvalue weighted by Crippen LogP contribution is -2.58. The second-order valence-electron chi connectivity index (χ2n) is 5.01. The Hall–Kier alpha value is -1.62. The lowest BCUT2D eigenvalue weighted by molar-refractivity contribution is -0.120. The van der Waals surface area contributed by atoms with E-state index in [1.165, 1.54) is 23.8 Å². The molecule has 2 aliphatic rings. The van der Waals surface area contributed by atoms with Gasteiger partial charge in [-0.05, 0) is 24.3 Å². The van der Waals surface area contributed by atoms with Gasteiger partial charge in [0.25, 0.3) is 5.91 Å². The minimum Gasteiger partial charge on any atom is -0.376 e. The highest BCUT2D eigenvalue weighted by atomic mass is 32.1. The Balaban J connectivity index is 1.77. The average molecular weight is 276 g/mol. The molecule has 2 unspecified atom stereocenters. The van der Waals surface area contributed by atoms with Crippen LogP contribution in [0.2, 0.25) is 0 Å². The van der Waals surface area contributed by atoms with Crippen molar-refractivity contribution in [3.8, 4) is 0 Å². The molecule has 4 nitrogen and oxygen atoms in total. The number of nitrogens with one attached hydrogen (secondary N) is 2. The van der Waals surface area contributed by atoms with Gasteiger partial charge in [-0.2, -0.15) is 0 Å². The molecule has 2 fully saturated rings. The van der Waals surface area contributed by atoms with Crippen molar-refractivity contribution < 1.29 is 9.59 Å². The summed E-state index contributed by atoms with van der Waals surface area (Å²) in [5, 5.41) is 8.09. The number of rotatable bonds is 2. The molecule has 2 atom stereocenters. The van der Waals surface area contributed by atoms with E-state index in [9.17, 15) is 9.59 Å². The van der Waals surface area contributed by atoms with E-state index >= 15 is 0 Å². The van der Waals surface area contributed by atoms with Gasteiger partial charge in [0.2, 0.25) is 0 Å². The van der Waals surface area contributed by atoms with Crippen LogP contribution in [0.5, 0.6) is 0 Å². The van der Waals surface area contributed by atoms with Gasteiger partial charge in [-0.15, -0.1) is 11.3 Å². The van der Waals surface area contributed by atoms with Crippen LogP contribution in [-0.2, 0) is 4.79 Å². The van der Waals surface area contributed by atoms with Crippen LogP contribution in [0.1, 0.15) is 35.4 Å². The molecule has 1 aromatic heterocycles. The number of amides is 1. The minimum absolute atomic E-state index is 0.109. The fourth-order valence-corrected chi connectivity index (χ4v) is 3.35. The first-order chi connectivity index (χ1) is 9.24. The van der Waals surface area contributed by atoms with Gasteiger partial charge in [-0.3, -0.25) is 9.59 Å². The van der Waals surface area contributed by atoms with Crippen molar-refractivity contribution in [3.63, 3.8) is 0 Å². The maximum absolute atomic E-state index is 12.0. The highest BCUT2D eigenvalue weighted by molar-refractivity contribution is 7.12. The molecule has 1 aliphatic heterocycles. The van der Waals surface area contributed by atoms with Crippen molar-refractivity contribution >= 4 is 23.0 Å². The maximum Gasteiger partial charge on any atom is 0.267 e. The van der Waals surface area contributed by atoms with Gasteiger partial charge in [0.05, 0.1) is 4.88 Å². The standard InChI is InChI=1S/C14H16N2O2S/c17-12(13-6-3-7-19-13)8-11-14(18)16-10-5-2-1-4-9(10)15-11/h3,6-10,15H,1-2,4-5H2,(H,16,18). The molecule has 100 valence electrons. The SMILES string of the molecule is O=C1NC2CCCCC2NC1=CC(=O)c1cccs1. The number of fused-ring (bicyclic) bond motifs is 1. The number of thiophene rings is 1. The van der Waals surface area contributed by atoms with Crippen molar-refractivity contribution in [1.82, 2.24) is 10.6 Å². The summed E-state index contributed by atoms with van der Waals surface area (Å²) in [5.41, 5.74) is 0.404. The zero-order chi connectivity index (χ0) is 13.2. The monoisotopic (exact) mass is 276 g/mol. The van der Waals surface area contributed by atoms with Crippen LogP contribution in [0, 0.1) is 0 Å². The summed E-state index contributed by atoms with van der Waals surface area (Å²) < 4.78 is 0. The second-order valence-corrected chi connectivity index (χ2v) is 5.96. The quantitative estimate of drug-likeness (QED) is 0.640. The Morgan fingerprint density at radius 2 is 2.00 bits per heavy atom. The van der Waals surface area contributed by atoms with E-state index in [4.69, 9.17) is 0 Å². The molecular formula is C14H16N2O2S. The summed E-state index contributed by atoms with van der Waals surface area (Å²) >= 11 is 1.39. The summed E-state index contributed by atoms with van der Waals surface area (Å²) in [7, 11) is 0. The van der Waals surface area contributed by atoms with E-state index in [0.29, 0.717) is 10.6 Å². The largest absolute Gasteiger partial charge is 0.376 e. The van der Waals surface area contributed by atoms with Crippen LogP contribution in [0.25, 0.3) is 0 Å². The molecule has 1 aromatic rings. The number of piperazine rings is 1. The van der Waals surface area contributed by atoms with E-state index in [0.717, 1.165) is 19.3 Å². The molecule has 1 saturated carbocycles. The van der Waals surface area contributed by atoms with Crippen LogP contribution in [0.4, 0.5) is 0 Å². The molecular weight excluding hydrogens is 260 g/mol. The van der Waals surface area contributed by atoms with Crippen molar-refractivity contribution in [3.05, 3.63) is 34.2 Å². The number of hydrogen-bond donors (Lipinski definition) is 2. The molecule has 0 spiro atoms. The molecule has 2 N–H and O–H groups in total. The predicted molar refractivity (Wildman–Crippen MR) is 74.1 cm³/mol. The van der Waals surface area contributed by atoms with E-state index in [1.54, 1.807) is 6.07 Å². The van der Waals surface area contributed by atoms with Crippen LogP contribution in [-0.4, -0.2) is 23.8 Å². The number of ketones is 1. The van der Waals surface area contributed by atoms with Crippen LogP contribution in [0.15, 0.2) is 29.3 Å². The van der Waals surface area contributed by atoms with E-state index in [1.807, 2.05) is 11.4 Å². The third-order valence-electron chi connectivity index (χ3n) is 3.71. The van der Waals surface area contributed by atoms with Gasteiger partial charge in [-0.1, -0.05) is 18.9 Å². The molecule has 2 heterocycles. The maximum atomic E-state index is 12.0. The topological polar surface area (TPSA) is 58.2 Å². The first-order valence-corrected chi connectivity index (χ1v) is 7.49. The van der Waals surface area contributed by atoms with Gasteiger partial charge in [-0.25, -0.2) is 0 Å². The molecule has 1 aliphatic carbocycles. The molecule has 19 heavy (non-hydrogen) atoms.